The van der Waals surface area contributed by atoms with Gasteiger partial charge in [0, 0.05) is 24.7 Å². The van der Waals surface area contributed by atoms with E-state index >= 15 is 0 Å². The number of nitrogens with two attached hydrogens (primary N) is 1. The normalized spacial score (nSPS) is 18.9. The first kappa shape index (κ1) is 14.9. The highest BCUT2D eigenvalue weighted by Gasteiger charge is 2.22. The SMILES string of the molecule is CCCCOc1ccc(C(=O)N2CCC[C@@H](N)C2)cc1. The van der Waals surface area contributed by atoms with Gasteiger partial charge in [0.2, 0.25) is 0 Å². The van der Waals surface area contributed by atoms with Crippen LogP contribution in [0.15, 0.2) is 24.3 Å². The molecule has 1 aliphatic heterocycles. The highest BCUT2D eigenvalue weighted by atomic mass is 16.5. The molecular weight excluding hydrogens is 252 g/mol. The van der Waals surface area contributed by atoms with Gasteiger partial charge in [0.25, 0.3) is 5.91 Å². The summed E-state index contributed by atoms with van der Waals surface area (Å²) >= 11 is 0. The zero-order valence-corrected chi connectivity index (χ0v) is 12.2. The highest BCUT2D eigenvalue weighted by Crippen LogP contribution is 2.16. The third-order valence-electron chi connectivity index (χ3n) is 3.61. The molecule has 2 rings (SSSR count). The highest BCUT2D eigenvalue weighted by molar-refractivity contribution is 5.94. The molecular formula is C16H24N2O2. The Hall–Kier alpha value is -1.55. The summed E-state index contributed by atoms with van der Waals surface area (Å²) in [5.74, 6) is 0.894. The second-order valence-corrected chi connectivity index (χ2v) is 5.38. The van der Waals surface area contributed by atoms with Crippen LogP contribution in [-0.4, -0.2) is 36.5 Å². The van der Waals surface area contributed by atoms with E-state index in [9.17, 15) is 4.79 Å². The molecule has 110 valence electrons. The van der Waals surface area contributed by atoms with Crippen LogP contribution in [0.1, 0.15) is 43.0 Å². The van der Waals surface area contributed by atoms with E-state index in [4.69, 9.17) is 10.5 Å². The minimum Gasteiger partial charge on any atom is -0.494 e. The summed E-state index contributed by atoms with van der Waals surface area (Å²) in [6.45, 7) is 4.33. The third-order valence-corrected chi connectivity index (χ3v) is 3.61. The lowest BCUT2D eigenvalue weighted by Crippen LogP contribution is -2.45. The summed E-state index contributed by atoms with van der Waals surface area (Å²) in [5, 5.41) is 0. The molecule has 1 heterocycles. The Balaban J connectivity index is 1.93. The van der Waals surface area contributed by atoms with Gasteiger partial charge in [0.1, 0.15) is 5.75 Å². The molecule has 0 aliphatic carbocycles. The number of ether oxygens (including phenoxy) is 1. The van der Waals surface area contributed by atoms with E-state index in [1.54, 1.807) is 0 Å². The van der Waals surface area contributed by atoms with E-state index < -0.39 is 0 Å². The molecule has 0 unspecified atom stereocenters. The number of hydrogen-bond acceptors (Lipinski definition) is 3. The molecule has 0 radical (unpaired) electrons. The average Bonchev–Trinajstić information content (AvgIpc) is 2.47. The van der Waals surface area contributed by atoms with Crippen LogP contribution in [0.2, 0.25) is 0 Å². The quantitative estimate of drug-likeness (QED) is 0.840. The molecule has 4 heteroatoms. The zero-order chi connectivity index (χ0) is 14.4. The van der Waals surface area contributed by atoms with Crippen LogP contribution in [0.25, 0.3) is 0 Å². The van der Waals surface area contributed by atoms with E-state index in [-0.39, 0.29) is 11.9 Å². The Kier molecular flexibility index (Phi) is 5.41. The number of hydrogen-bond donors (Lipinski definition) is 1. The Morgan fingerprint density at radius 3 is 2.80 bits per heavy atom. The van der Waals surface area contributed by atoms with Crippen LogP contribution in [0, 0.1) is 0 Å². The largest absolute Gasteiger partial charge is 0.494 e. The van der Waals surface area contributed by atoms with Gasteiger partial charge < -0.3 is 15.4 Å². The smallest absolute Gasteiger partial charge is 0.253 e. The van der Waals surface area contributed by atoms with Gasteiger partial charge in [0.05, 0.1) is 6.61 Å². The molecule has 1 saturated heterocycles. The number of rotatable bonds is 5. The number of nitrogens with zero attached hydrogens (tertiary/aromatic N) is 1. The Bertz CT molecular complexity index is 431. The standard InChI is InChI=1S/C16H24N2O2/c1-2-3-11-20-15-8-6-13(7-9-15)16(19)18-10-4-5-14(17)12-18/h6-9,14H,2-5,10-12,17H2,1H3/t14-/m1/s1. The number of amides is 1. The molecule has 1 aromatic rings. The minimum atomic E-state index is 0.0697. The van der Waals surface area contributed by atoms with Crippen LogP contribution < -0.4 is 10.5 Å². The van der Waals surface area contributed by atoms with Crippen molar-refractivity contribution >= 4 is 5.91 Å². The second-order valence-electron chi connectivity index (χ2n) is 5.38. The number of carbonyl (C=O) groups excluding carboxylic acids is 1. The lowest BCUT2D eigenvalue weighted by Gasteiger charge is -2.30. The molecule has 0 spiro atoms. The van der Waals surface area contributed by atoms with Crippen LogP contribution in [0.4, 0.5) is 0 Å². The first-order chi connectivity index (χ1) is 9.70. The maximum Gasteiger partial charge on any atom is 0.253 e. The fraction of sp³-hybridized carbons (Fsp3) is 0.562. The van der Waals surface area contributed by atoms with Crippen molar-refractivity contribution in [2.24, 2.45) is 5.73 Å². The van der Waals surface area contributed by atoms with E-state index in [0.717, 1.165) is 44.6 Å². The fourth-order valence-electron chi connectivity index (χ4n) is 2.41. The predicted molar refractivity (Wildman–Crippen MR) is 80.0 cm³/mol. The van der Waals surface area contributed by atoms with Crippen molar-refractivity contribution in [2.75, 3.05) is 19.7 Å². The minimum absolute atomic E-state index is 0.0697. The molecule has 2 N–H and O–H groups in total. The van der Waals surface area contributed by atoms with Crippen molar-refractivity contribution in [3.63, 3.8) is 0 Å². The van der Waals surface area contributed by atoms with E-state index in [2.05, 4.69) is 6.92 Å². The van der Waals surface area contributed by atoms with Crippen LogP contribution in [0.3, 0.4) is 0 Å². The van der Waals surface area contributed by atoms with Gasteiger partial charge in [0.15, 0.2) is 0 Å². The Labute approximate surface area is 120 Å². The average molecular weight is 276 g/mol. The first-order valence-electron chi connectivity index (χ1n) is 7.48. The van der Waals surface area contributed by atoms with Crippen LogP contribution >= 0.6 is 0 Å². The molecule has 1 amide bonds. The van der Waals surface area contributed by atoms with Gasteiger partial charge in [-0.15, -0.1) is 0 Å². The number of piperidine rings is 1. The fourth-order valence-corrected chi connectivity index (χ4v) is 2.41. The molecule has 1 aromatic carbocycles. The predicted octanol–water partition coefficient (Wildman–Crippen LogP) is 2.43. The zero-order valence-electron chi connectivity index (χ0n) is 12.2. The molecule has 0 aromatic heterocycles. The van der Waals surface area contributed by atoms with E-state index in [1.807, 2.05) is 29.2 Å². The summed E-state index contributed by atoms with van der Waals surface area (Å²) in [5.41, 5.74) is 6.63. The summed E-state index contributed by atoms with van der Waals surface area (Å²) in [4.78, 5) is 14.2. The molecule has 0 saturated carbocycles. The van der Waals surface area contributed by atoms with E-state index in [1.165, 1.54) is 0 Å². The van der Waals surface area contributed by atoms with Crippen molar-refractivity contribution < 1.29 is 9.53 Å². The molecule has 1 aliphatic rings. The maximum atomic E-state index is 12.3. The molecule has 20 heavy (non-hydrogen) atoms. The Morgan fingerprint density at radius 1 is 1.40 bits per heavy atom. The van der Waals surface area contributed by atoms with Crippen LogP contribution in [-0.2, 0) is 0 Å². The number of likely N-dealkylation sites (tertiary alicyclic amines) is 1. The second kappa shape index (κ2) is 7.29. The molecule has 1 atom stereocenters. The monoisotopic (exact) mass is 276 g/mol. The summed E-state index contributed by atoms with van der Waals surface area (Å²) in [7, 11) is 0. The van der Waals surface area contributed by atoms with Gasteiger partial charge >= 0.3 is 0 Å². The lowest BCUT2D eigenvalue weighted by atomic mass is 10.1. The number of unbranched alkanes of at least 4 members (excludes halogenated alkanes) is 1. The third kappa shape index (κ3) is 3.97. The Morgan fingerprint density at radius 2 is 2.15 bits per heavy atom. The summed E-state index contributed by atoms with van der Waals surface area (Å²) in [6.07, 6.45) is 4.16. The van der Waals surface area contributed by atoms with Crippen LogP contribution in [0.5, 0.6) is 5.75 Å². The van der Waals surface area contributed by atoms with Gasteiger partial charge in [-0.25, -0.2) is 0 Å². The number of benzene rings is 1. The van der Waals surface area contributed by atoms with Crippen molar-refractivity contribution in [2.45, 2.75) is 38.6 Å². The maximum absolute atomic E-state index is 12.3. The van der Waals surface area contributed by atoms with Crippen molar-refractivity contribution in [3.05, 3.63) is 29.8 Å². The van der Waals surface area contributed by atoms with Gasteiger partial charge in [-0.05, 0) is 43.5 Å². The van der Waals surface area contributed by atoms with E-state index in [0.29, 0.717) is 12.1 Å². The van der Waals surface area contributed by atoms with Gasteiger partial charge in [-0.1, -0.05) is 13.3 Å². The van der Waals surface area contributed by atoms with Crippen molar-refractivity contribution in [3.8, 4) is 5.75 Å². The van der Waals surface area contributed by atoms with Crippen molar-refractivity contribution in [1.82, 2.24) is 4.90 Å². The molecule has 4 nitrogen and oxygen atoms in total. The van der Waals surface area contributed by atoms with Gasteiger partial charge in [-0.2, -0.15) is 0 Å². The first-order valence-corrected chi connectivity index (χ1v) is 7.48. The summed E-state index contributed by atoms with van der Waals surface area (Å²) < 4.78 is 5.60. The summed E-state index contributed by atoms with van der Waals surface area (Å²) in [6, 6.07) is 7.52. The number of carbonyl (C=O) groups is 1. The molecule has 1 fully saturated rings. The molecule has 0 bridgehead atoms. The van der Waals surface area contributed by atoms with Gasteiger partial charge in [-0.3, -0.25) is 4.79 Å². The topological polar surface area (TPSA) is 55.6 Å². The lowest BCUT2D eigenvalue weighted by molar-refractivity contribution is 0.0709. The van der Waals surface area contributed by atoms with Crippen molar-refractivity contribution in [1.29, 1.82) is 0 Å².